The first-order valence-electron chi connectivity index (χ1n) is 19.9. The fourth-order valence-electron chi connectivity index (χ4n) is 7.67. The zero-order chi connectivity index (χ0) is 38.4. The van der Waals surface area contributed by atoms with E-state index in [1.807, 2.05) is 78.9 Å². The van der Waals surface area contributed by atoms with Crippen LogP contribution in [0.15, 0.2) is 144 Å². The molecule has 0 aliphatic heterocycles. The van der Waals surface area contributed by atoms with E-state index in [1.165, 1.54) is 0 Å². The van der Waals surface area contributed by atoms with Crippen molar-refractivity contribution in [2.24, 2.45) is 0 Å². The molecule has 10 rings (SSSR count). The molecular weight excluding hydrogens is 569 g/mol. The van der Waals surface area contributed by atoms with Crippen LogP contribution in [0.5, 0.6) is 0 Å². The van der Waals surface area contributed by atoms with Gasteiger partial charge in [-0.05, 0) is 99.7 Å². The summed E-state index contributed by atoms with van der Waals surface area (Å²) in [6.45, 7) is 6.42. The molecule has 0 aliphatic rings. The lowest BCUT2D eigenvalue weighted by Gasteiger charge is -2.21. The Hall–Kier alpha value is -5.66. The Morgan fingerprint density at radius 3 is 1.89 bits per heavy atom. The van der Waals surface area contributed by atoms with Crippen molar-refractivity contribution in [2.75, 3.05) is 0 Å². The maximum Gasteiger partial charge on any atom is 0.139 e. The summed E-state index contributed by atoms with van der Waals surface area (Å²) < 4.78 is 80.1. The molecule has 0 radical (unpaired) electrons. The molecule has 222 valence electrons. The Morgan fingerprint density at radius 1 is 0.511 bits per heavy atom. The molecule has 0 aliphatic carbocycles. The summed E-state index contributed by atoms with van der Waals surface area (Å²) in [7, 11) is 0. The summed E-state index contributed by atoms with van der Waals surface area (Å²) in [6, 6.07) is 26.9. The Labute approximate surface area is 284 Å². The molecule has 0 amide bonds. The zero-order valence-electron chi connectivity index (χ0n) is 34.1. The predicted molar refractivity (Wildman–Crippen MR) is 202 cm³/mol. The third kappa shape index (κ3) is 3.71. The predicted octanol–water partition coefficient (Wildman–Crippen LogP) is 13.4. The smallest absolute Gasteiger partial charge is 0.139 e. The zero-order valence-corrected chi connectivity index (χ0v) is 26.1. The number of hydrogen-bond acceptors (Lipinski definition) is 1. The van der Waals surface area contributed by atoms with Gasteiger partial charge in [0.15, 0.2) is 0 Å². The minimum absolute atomic E-state index is 0.190. The maximum atomic E-state index is 9.50. The van der Waals surface area contributed by atoms with Gasteiger partial charge in [-0.1, -0.05) is 142 Å². The molecule has 0 unspecified atom stereocenters. The van der Waals surface area contributed by atoms with Crippen LogP contribution in [-0.4, -0.2) is 0 Å². The Kier molecular flexibility index (Phi) is 3.97. The van der Waals surface area contributed by atoms with Gasteiger partial charge in [0, 0.05) is 16.3 Å². The first kappa shape index (κ1) is 19.8. The summed E-state index contributed by atoms with van der Waals surface area (Å²) in [6.07, 6.45) is 0. The SMILES string of the molecule is [2H]c1c([2H])c([2H])c2c(-c3cc4ccc(C(C)(C)C)c5oc6cccc3c6c45)c3c([2H])c([2H])c([2H])c([2H])c3c(-c3ccc4c(ccc5ccccc54)c3)c2c1[2H]. The van der Waals surface area contributed by atoms with Crippen molar-refractivity contribution in [2.45, 2.75) is 26.2 Å². The lowest BCUT2D eigenvalue weighted by Crippen LogP contribution is -2.11. The van der Waals surface area contributed by atoms with Gasteiger partial charge in [0.2, 0.25) is 0 Å². The molecule has 9 aromatic carbocycles. The van der Waals surface area contributed by atoms with Crippen molar-refractivity contribution in [3.05, 3.63) is 145 Å². The van der Waals surface area contributed by atoms with Gasteiger partial charge in [0.25, 0.3) is 0 Å². The first-order valence-corrected chi connectivity index (χ1v) is 15.9. The second kappa shape index (κ2) is 9.44. The van der Waals surface area contributed by atoms with Gasteiger partial charge in [-0.3, -0.25) is 0 Å². The van der Waals surface area contributed by atoms with E-state index in [-0.39, 0.29) is 51.1 Å². The minimum atomic E-state index is -0.426. The van der Waals surface area contributed by atoms with E-state index in [2.05, 4.69) is 32.9 Å². The quantitative estimate of drug-likeness (QED) is 0.141. The standard InChI is InChI=1S/C46H32O/c1-46(2,3)39-24-22-30-26-38(37-17-10-18-40-44(37)42(30)45(39)47-40)43-35-15-8-6-13-33(35)41(34-14-7-9-16-36(34)43)29-21-23-32-28(25-29)20-19-27-11-4-5-12-31(27)32/h4-26H,1-3H3/i6D,7D,8D,9D,13D,14D,15D,16D. The van der Waals surface area contributed by atoms with E-state index in [9.17, 15) is 5.48 Å². The molecule has 10 aromatic rings. The van der Waals surface area contributed by atoms with Crippen molar-refractivity contribution >= 4 is 75.8 Å². The lowest BCUT2D eigenvalue weighted by molar-refractivity contribution is 0.573. The van der Waals surface area contributed by atoms with Crippen LogP contribution in [0, 0.1) is 0 Å². The van der Waals surface area contributed by atoms with Gasteiger partial charge in [0.1, 0.15) is 11.2 Å². The second-order valence-corrected chi connectivity index (χ2v) is 13.5. The maximum absolute atomic E-state index is 9.50. The van der Waals surface area contributed by atoms with E-state index in [0.717, 1.165) is 54.2 Å². The molecule has 0 fully saturated rings. The molecule has 1 heteroatoms. The van der Waals surface area contributed by atoms with Crippen LogP contribution < -0.4 is 0 Å². The number of hydrogen-bond donors (Lipinski definition) is 0. The number of benzene rings is 9. The molecule has 0 saturated carbocycles. The van der Waals surface area contributed by atoms with Crippen molar-refractivity contribution in [1.82, 2.24) is 0 Å². The molecule has 0 atom stereocenters. The van der Waals surface area contributed by atoms with E-state index < -0.39 is 24.2 Å². The Balaban J connectivity index is 1.45. The fourth-order valence-corrected chi connectivity index (χ4v) is 7.67. The first-order chi connectivity index (χ1) is 26.3. The monoisotopic (exact) mass is 608 g/mol. The van der Waals surface area contributed by atoms with Gasteiger partial charge < -0.3 is 4.42 Å². The molecule has 0 spiro atoms. The van der Waals surface area contributed by atoms with E-state index in [4.69, 9.17) is 9.90 Å². The third-order valence-electron chi connectivity index (χ3n) is 9.75. The highest BCUT2D eigenvalue weighted by molar-refractivity contribution is 6.30. The van der Waals surface area contributed by atoms with Crippen LogP contribution in [-0.2, 0) is 5.41 Å². The summed E-state index contributed by atoms with van der Waals surface area (Å²) in [5.41, 5.74) is 4.11. The molecule has 1 aromatic heterocycles. The number of fused-ring (bicyclic) bond motifs is 5. The molecule has 0 bridgehead atoms. The van der Waals surface area contributed by atoms with Crippen molar-refractivity contribution < 1.29 is 15.4 Å². The average Bonchev–Trinajstić information content (AvgIpc) is 3.58. The number of furan rings is 1. The minimum Gasteiger partial charge on any atom is -0.456 e. The van der Waals surface area contributed by atoms with Gasteiger partial charge in [-0.2, -0.15) is 0 Å². The van der Waals surface area contributed by atoms with E-state index >= 15 is 0 Å². The molecular formula is C46H32O. The molecule has 1 heterocycles. The fraction of sp³-hybridized carbons (Fsp3) is 0.0870. The molecule has 47 heavy (non-hydrogen) atoms. The van der Waals surface area contributed by atoms with Gasteiger partial charge in [-0.15, -0.1) is 0 Å². The summed E-state index contributed by atoms with van der Waals surface area (Å²) >= 11 is 0. The Morgan fingerprint density at radius 2 is 1.15 bits per heavy atom. The van der Waals surface area contributed by atoms with Crippen molar-refractivity contribution in [3.63, 3.8) is 0 Å². The molecule has 0 saturated heterocycles. The van der Waals surface area contributed by atoms with E-state index in [0.29, 0.717) is 27.8 Å². The van der Waals surface area contributed by atoms with Crippen molar-refractivity contribution in [1.29, 1.82) is 0 Å². The van der Waals surface area contributed by atoms with Crippen LogP contribution in [0.2, 0.25) is 0 Å². The van der Waals surface area contributed by atoms with Crippen LogP contribution in [0.4, 0.5) is 0 Å². The highest BCUT2D eigenvalue weighted by Gasteiger charge is 2.25. The lowest BCUT2D eigenvalue weighted by atomic mass is 9.82. The highest BCUT2D eigenvalue weighted by atomic mass is 16.3. The van der Waals surface area contributed by atoms with Gasteiger partial charge in [0.05, 0.1) is 11.0 Å². The normalized spacial score (nSPS) is 15.0. The van der Waals surface area contributed by atoms with E-state index in [1.54, 1.807) is 0 Å². The summed E-state index contributed by atoms with van der Waals surface area (Å²) in [4.78, 5) is 0. The highest BCUT2D eigenvalue weighted by Crippen LogP contribution is 2.49. The topological polar surface area (TPSA) is 13.1 Å². The van der Waals surface area contributed by atoms with Crippen molar-refractivity contribution in [3.8, 4) is 22.3 Å². The number of rotatable bonds is 2. The van der Waals surface area contributed by atoms with Crippen LogP contribution in [0.3, 0.4) is 0 Å². The molecule has 1 nitrogen and oxygen atoms in total. The largest absolute Gasteiger partial charge is 0.456 e. The van der Waals surface area contributed by atoms with Crippen LogP contribution in [0.1, 0.15) is 37.3 Å². The van der Waals surface area contributed by atoms with Gasteiger partial charge in [-0.25, -0.2) is 0 Å². The third-order valence-corrected chi connectivity index (χ3v) is 9.75. The summed E-state index contributed by atoms with van der Waals surface area (Å²) in [5.74, 6) is 0. The van der Waals surface area contributed by atoms with Crippen LogP contribution in [0.25, 0.3) is 98.1 Å². The van der Waals surface area contributed by atoms with Crippen LogP contribution >= 0.6 is 0 Å². The second-order valence-electron chi connectivity index (χ2n) is 13.5. The van der Waals surface area contributed by atoms with Gasteiger partial charge >= 0.3 is 0 Å². The average molecular weight is 609 g/mol. The molecule has 0 N–H and O–H groups in total. The summed E-state index contributed by atoms with van der Waals surface area (Å²) in [5, 5.41) is 8.18. The Bertz CT molecular complexity index is 3250.